The van der Waals surface area contributed by atoms with E-state index in [0.717, 1.165) is 61.6 Å². The predicted molar refractivity (Wildman–Crippen MR) is 215 cm³/mol. The van der Waals surface area contributed by atoms with Gasteiger partial charge < -0.3 is 4.90 Å². The number of pyridine rings is 1. The second-order valence-corrected chi connectivity index (χ2v) is 11.8. The molecule has 0 aliphatic rings. The van der Waals surface area contributed by atoms with E-state index in [1.165, 1.54) is 0 Å². The number of aromatic nitrogens is 1. The Kier molecular flexibility index (Phi) is 10.4. The van der Waals surface area contributed by atoms with Gasteiger partial charge in [-0.2, -0.15) is 0 Å². The molecule has 0 N–H and O–H groups in total. The van der Waals surface area contributed by atoms with E-state index < -0.39 is 0 Å². The normalized spacial score (nSPS) is 10.7. The molecule has 0 spiro atoms. The van der Waals surface area contributed by atoms with E-state index in [-0.39, 0.29) is 0 Å². The highest BCUT2D eigenvalue weighted by atomic mass is 15.1. The first-order chi connectivity index (χ1) is 25.3. The molecule has 0 bridgehead atoms. The Morgan fingerprint density at radius 1 is 0.373 bits per heavy atom. The molecule has 240 valence electrons. The summed E-state index contributed by atoms with van der Waals surface area (Å²) in [4.78, 5) is 6.43. The summed E-state index contributed by atoms with van der Waals surface area (Å²) in [6.07, 6.45) is 12.1. The van der Waals surface area contributed by atoms with Crippen LogP contribution in [0, 0.1) is 23.7 Å². The summed E-state index contributed by atoms with van der Waals surface area (Å²) in [6.45, 7) is 0. The maximum Gasteiger partial charge on any atom is 0.0462 e. The Hall–Kier alpha value is -7.13. The SMILES string of the molecule is C(#Cc1cc(/C=C/c2ccc(N(c3ccccc3)c3ccccc3)cc2)c(C#Cc2ccccc2)cc1/C=C/c1ccncc1)c1ccccc1. The molecule has 0 unspecified atom stereocenters. The summed E-state index contributed by atoms with van der Waals surface area (Å²) in [6, 6.07) is 58.0. The second kappa shape index (κ2) is 16.3. The van der Waals surface area contributed by atoms with Gasteiger partial charge in [-0.15, -0.1) is 0 Å². The number of anilines is 3. The quantitative estimate of drug-likeness (QED) is 0.126. The minimum atomic E-state index is 0.922. The lowest BCUT2D eigenvalue weighted by Crippen LogP contribution is -2.09. The highest BCUT2D eigenvalue weighted by Crippen LogP contribution is 2.34. The standard InChI is InChI=1S/C49H34N2/c1-5-13-39(14-6-1)21-27-43-38-46(30-24-42-33-35-50-36-34-42)44(28-22-40-15-7-2-8-16-40)37-45(43)29-23-41-25-31-49(32-26-41)51(47-17-9-3-10-18-47)48-19-11-4-12-20-48/h1-20,23-26,29-38H/b29-23+,30-24+. The van der Waals surface area contributed by atoms with Gasteiger partial charge in [-0.1, -0.05) is 133 Å². The molecule has 7 rings (SSSR count). The molecule has 1 heterocycles. The first-order valence-electron chi connectivity index (χ1n) is 16.9. The smallest absolute Gasteiger partial charge is 0.0462 e. The van der Waals surface area contributed by atoms with E-state index in [1.807, 2.05) is 84.9 Å². The second-order valence-electron chi connectivity index (χ2n) is 11.8. The molecule has 0 saturated heterocycles. The third-order valence-corrected chi connectivity index (χ3v) is 8.25. The van der Waals surface area contributed by atoms with Crippen molar-refractivity contribution in [3.05, 3.63) is 227 Å². The summed E-state index contributed by atoms with van der Waals surface area (Å²) in [5.41, 5.74) is 11.2. The number of para-hydroxylation sites is 2. The van der Waals surface area contributed by atoms with Crippen molar-refractivity contribution in [2.45, 2.75) is 0 Å². The van der Waals surface area contributed by atoms with Crippen LogP contribution in [0.25, 0.3) is 24.3 Å². The van der Waals surface area contributed by atoms with E-state index >= 15 is 0 Å². The van der Waals surface area contributed by atoms with Crippen LogP contribution in [-0.4, -0.2) is 4.98 Å². The molecule has 0 saturated carbocycles. The number of nitrogens with zero attached hydrogens (tertiary/aromatic N) is 2. The van der Waals surface area contributed by atoms with E-state index in [1.54, 1.807) is 12.4 Å². The van der Waals surface area contributed by atoms with Crippen LogP contribution in [-0.2, 0) is 0 Å². The lowest BCUT2D eigenvalue weighted by atomic mass is 9.96. The van der Waals surface area contributed by atoms with E-state index in [0.29, 0.717) is 0 Å². The predicted octanol–water partition coefficient (Wildman–Crippen LogP) is 11.7. The fourth-order valence-electron chi connectivity index (χ4n) is 5.63. The third kappa shape index (κ3) is 8.67. The molecule has 1 aromatic heterocycles. The molecule has 0 aliphatic heterocycles. The molecule has 51 heavy (non-hydrogen) atoms. The van der Waals surface area contributed by atoms with Crippen LogP contribution in [0.15, 0.2) is 182 Å². The monoisotopic (exact) mass is 650 g/mol. The average molecular weight is 651 g/mol. The van der Waals surface area contributed by atoms with Crippen molar-refractivity contribution in [1.29, 1.82) is 0 Å². The Morgan fingerprint density at radius 3 is 1.22 bits per heavy atom. The number of hydrogen-bond acceptors (Lipinski definition) is 2. The van der Waals surface area contributed by atoms with E-state index in [4.69, 9.17) is 0 Å². The van der Waals surface area contributed by atoms with Crippen molar-refractivity contribution in [1.82, 2.24) is 4.98 Å². The zero-order valence-corrected chi connectivity index (χ0v) is 28.0. The van der Waals surface area contributed by atoms with Gasteiger partial charge in [-0.25, -0.2) is 0 Å². The van der Waals surface area contributed by atoms with Gasteiger partial charge in [-0.05, 0) is 107 Å². The summed E-state index contributed by atoms with van der Waals surface area (Å²) in [7, 11) is 0. The zero-order valence-electron chi connectivity index (χ0n) is 28.0. The van der Waals surface area contributed by atoms with Crippen molar-refractivity contribution in [3.63, 3.8) is 0 Å². The van der Waals surface area contributed by atoms with Gasteiger partial charge >= 0.3 is 0 Å². The van der Waals surface area contributed by atoms with Gasteiger partial charge in [0.05, 0.1) is 0 Å². The van der Waals surface area contributed by atoms with E-state index in [2.05, 4.69) is 143 Å². The number of benzene rings is 6. The third-order valence-electron chi connectivity index (χ3n) is 8.25. The molecule has 0 amide bonds. The molecule has 0 radical (unpaired) electrons. The summed E-state index contributed by atoms with van der Waals surface area (Å²) < 4.78 is 0. The van der Waals surface area contributed by atoms with Crippen LogP contribution in [0.5, 0.6) is 0 Å². The van der Waals surface area contributed by atoms with Gasteiger partial charge in [0, 0.05) is 51.7 Å². The maximum atomic E-state index is 4.16. The molecule has 7 aromatic rings. The Balaban J connectivity index is 1.28. The Bertz CT molecular complexity index is 2330. The largest absolute Gasteiger partial charge is 0.311 e. The Morgan fingerprint density at radius 2 is 0.765 bits per heavy atom. The molecule has 2 heteroatoms. The fourth-order valence-corrected chi connectivity index (χ4v) is 5.63. The minimum absolute atomic E-state index is 0.922. The average Bonchev–Trinajstić information content (AvgIpc) is 3.20. The highest BCUT2D eigenvalue weighted by molar-refractivity contribution is 5.81. The van der Waals surface area contributed by atoms with Crippen LogP contribution < -0.4 is 4.90 Å². The van der Waals surface area contributed by atoms with Crippen LogP contribution in [0.2, 0.25) is 0 Å². The molecular formula is C49H34N2. The zero-order chi connectivity index (χ0) is 34.5. The topological polar surface area (TPSA) is 16.1 Å². The Labute approximate surface area is 300 Å². The van der Waals surface area contributed by atoms with Crippen molar-refractivity contribution < 1.29 is 0 Å². The van der Waals surface area contributed by atoms with Crippen LogP contribution >= 0.6 is 0 Å². The lowest BCUT2D eigenvalue weighted by molar-refractivity contribution is 1.28. The van der Waals surface area contributed by atoms with Gasteiger partial charge in [0.2, 0.25) is 0 Å². The van der Waals surface area contributed by atoms with E-state index in [9.17, 15) is 0 Å². The van der Waals surface area contributed by atoms with Gasteiger partial charge in [0.1, 0.15) is 0 Å². The van der Waals surface area contributed by atoms with Gasteiger partial charge in [0.15, 0.2) is 0 Å². The molecule has 6 aromatic carbocycles. The summed E-state index contributed by atoms with van der Waals surface area (Å²) >= 11 is 0. The molecule has 0 aliphatic carbocycles. The minimum Gasteiger partial charge on any atom is -0.311 e. The summed E-state index contributed by atoms with van der Waals surface area (Å²) in [5, 5.41) is 0. The van der Waals surface area contributed by atoms with Crippen LogP contribution in [0.3, 0.4) is 0 Å². The molecule has 2 nitrogen and oxygen atoms in total. The van der Waals surface area contributed by atoms with Crippen molar-refractivity contribution >= 4 is 41.4 Å². The number of rotatable bonds is 7. The lowest BCUT2D eigenvalue weighted by Gasteiger charge is -2.25. The maximum absolute atomic E-state index is 4.16. The highest BCUT2D eigenvalue weighted by Gasteiger charge is 2.11. The molecular weight excluding hydrogens is 617 g/mol. The first-order valence-corrected chi connectivity index (χ1v) is 16.9. The summed E-state index contributed by atoms with van der Waals surface area (Å²) in [5.74, 6) is 13.7. The van der Waals surface area contributed by atoms with Crippen molar-refractivity contribution in [2.75, 3.05) is 4.90 Å². The van der Waals surface area contributed by atoms with Gasteiger partial charge in [0.25, 0.3) is 0 Å². The molecule has 0 atom stereocenters. The first kappa shape index (κ1) is 32.4. The van der Waals surface area contributed by atoms with Crippen LogP contribution in [0.4, 0.5) is 17.1 Å². The van der Waals surface area contributed by atoms with Crippen LogP contribution in [0.1, 0.15) is 44.5 Å². The van der Waals surface area contributed by atoms with Crippen molar-refractivity contribution in [2.24, 2.45) is 0 Å². The fraction of sp³-hybridized carbons (Fsp3) is 0. The van der Waals surface area contributed by atoms with Crippen molar-refractivity contribution in [3.8, 4) is 23.7 Å². The molecule has 0 fully saturated rings. The van der Waals surface area contributed by atoms with Gasteiger partial charge in [-0.3, -0.25) is 4.98 Å². The number of hydrogen-bond donors (Lipinski definition) is 0.